The van der Waals surface area contributed by atoms with Gasteiger partial charge in [-0.15, -0.1) is 0 Å². The number of anilines is 1. The molecule has 0 unspecified atom stereocenters. The van der Waals surface area contributed by atoms with Crippen LogP contribution in [0.5, 0.6) is 5.88 Å². The van der Waals surface area contributed by atoms with Crippen LogP contribution in [0.25, 0.3) is 11.3 Å². The number of nitrogens with one attached hydrogen (secondary N) is 1. The molecule has 1 aliphatic carbocycles. The summed E-state index contributed by atoms with van der Waals surface area (Å²) in [5, 5.41) is 13.6. The van der Waals surface area contributed by atoms with Crippen LogP contribution in [0, 0.1) is 11.8 Å². The molecule has 1 fully saturated rings. The van der Waals surface area contributed by atoms with E-state index in [-0.39, 0.29) is 18.3 Å². The minimum atomic E-state index is -0.928. The van der Waals surface area contributed by atoms with E-state index in [0.29, 0.717) is 22.5 Å². The third kappa shape index (κ3) is 6.55. The zero-order chi connectivity index (χ0) is 22.6. The van der Waals surface area contributed by atoms with E-state index in [1.54, 1.807) is 19.1 Å². The lowest BCUT2D eigenvalue weighted by Gasteiger charge is -2.23. The highest BCUT2D eigenvalue weighted by Gasteiger charge is 2.40. The predicted octanol–water partition coefficient (Wildman–Crippen LogP) is 4.53. The molecule has 1 amide bonds. The first-order chi connectivity index (χ1) is 14.7. The molecule has 0 spiro atoms. The summed E-state index contributed by atoms with van der Waals surface area (Å²) in [7, 11) is 1.97. The summed E-state index contributed by atoms with van der Waals surface area (Å²) in [6.07, 6.45) is 3.74. The maximum absolute atomic E-state index is 12.3. The molecule has 2 N–H and O–H groups in total. The van der Waals surface area contributed by atoms with Crippen molar-refractivity contribution in [3.05, 3.63) is 35.5 Å². The Bertz CT molecular complexity index is 898. The molecule has 1 heterocycles. The van der Waals surface area contributed by atoms with Crippen LogP contribution in [-0.4, -0.2) is 46.9 Å². The summed E-state index contributed by atoms with van der Waals surface area (Å²) in [5.74, 6) is 1.58. The van der Waals surface area contributed by atoms with Gasteiger partial charge in [0, 0.05) is 30.7 Å². The number of rotatable bonds is 9. The molecule has 1 atom stereocenters. The summed E-state index contributed by atoms with van der Waals surface area (Å²) in [5.41, 5.74) is 0.506. The Morgan fingerprint density at radius 3 is 2.65 bits per heavy atom. The van der Waals surface area contributed by atoms with Gasteiger partial charge < -0.3 is 20.1 Å². The number of aromatic nitrogens is 2. The fourth-order valence-electron chi connectivity index (χ4n) is 3.29. The molecule has 1 aliphatic rings. The van der Waals surface area contributed by atoms with E-state index in [0.717, 1.165) is 31.4 Å². The van der Waals surface area contributed by atoms with E-state index in [2.05, 4.69) is 29.1 Å². The van der Waals surface area contributed by atoms with E-state index >= 15 is 0 Å². The zero-order valence-corrected chi connectivity index (χ0v) is 19.3. The van der Waals surface area contributed by atoms with Crippen LogP contribution in [0.2, 0.25) is 5.02 Å². The quantitative estimate of drug-likeness (QED) is 0.588. The number of hydrogen-bond acceptors (Lipinski definition) is 6. The van der Waals surface area contributed by atoms with Crippen molar-refractivity contribution >= 4 is 23.5 Å². The number of nitrogens with zero attached hydrogens (tertiary/aromatic N) is 3. The third-order valence-corrected chi connectivity index (χ3v) is 5.75. The standard InChI is InChI=1S/C23H31ClN4O3/c1-15(2)11-12-28(4)21-20(16-5-9-18(24)10-6-16)27-19(13-25-21)31-22(29)26-14-23(3,30)17-7-8-17/h5-6,9-10,13,15,17,30H,7-8,11-12,14H2,1-4H3,(H,26,29)/t23-/m0/s1. The van der Waals surface area contributed by atoms with Crippen LogP contribution in [0.1, 0.15) is 40.0 Å². The van der Waals surface area contributed by atoms with Gasteiger partial charge in [0.05, 0.1) is 11.8 Å². The molecule has 1 aromatic heterocycles. The van der Waals surface area contributed by atoms with Crippen LogP contribution >= 0.6 is 11.6 Å². The summed E-state index contributed by atoms with van der Waals surface area (Å²) >= 11 is 6.04. The Morgan fingerprint density at radius 1 is 1.35 bits per heavy atom. The van der Waals surface area contributed by atoms with Crippen LogP contribution in [-0.2, 0) is 0 Å². The molecule has 7 nitrogen and oxygen atoms in total. The Morgan fingerprint density at radius 2 is 2.03 bits per heavy atom. The van der Waals surface area contributed by atoms with Crippen molar-refractivity contribution in [3.63, 3.8) is 0 Å². The topological polar surface area (TPSA) is 87.6 Å². The van der Waals surface area contributed by atoms with E-state index < -0.39 is 11.7 Å². The van der Waals surface area contributed by atoms with E-state index in [1.807, 2.05) is 24.1 Å². The van der Waals surface area contributed by atoms with Gasteiger partial charge in [-0.05, 0) is 50.2 Å². The number of amides is 1. The second kappa shape index (κ2) is 9.83. The molecule has 8 heteroatoms. The van der Waals surface area contributed by atoms with Gasteiger partial charge in [-0.1, -0.05) is 37.6 Å². The third-order valence-electron chi connectivity index (χ3n) is 5.50. The minimum Gasteiger partial charge on any atom is -0.390 e. The van der Waals surface area contributed by atoms with Crippen molar-refractivity contribution < 1.29 is 14.6 Å². The Kier molecular flexibility index (Phi) is 7.38. The van der Waals surface area contributed by atoms with Gasteiger partial charge in [0.1, 0.15) is 5.69 Å². The lowest BCUT2D eigenvalue weighted by atomic mass is 10.0. The Balaban J connectivity index is 1.77. The van der Waals surface area contributed by atoms with E-state index in [9.17, 15) is 9.90 Å². The largest absolute Gasteiger partial charge is 0.414 e. The molecule has 1 saturated carbocycles. The Labute approximate surface area is 188 Å². The number of aliphatic hydroxyl groups is 1. The lowest BCUT2D eigenvalue weighted by Crippen LogP contribution is -2.43. The van der Waals surface area contributed by atoms with Crippen molar-refractivity contribution in [1.82, 2.24) is 15.3 Å². The van der Waals surface area contributed by atoms with Crippen molar-refractivity contribution in [1.29, 1.82) is 0 Å². The highest BCUT2D eigenvalue weighted by molar-refractivity contribution is 6.30. The van der Waals surface area contributed by atoms with Gasteiger partial charge in [-0.3, -0.25) is 0 Å². The number of halogens is 1. The number of carbonyl (C=O) groups is 1. The lowest BCUT2D eigenvalue weighted by molar-refractivity contribution is 0.0376. The van der Waals surface area contributed by atoms with Crippen molar-refractivity contribution in [3.8, 4) is 17.1 Å². The van der Waals surface area contributed by atoms with Gasteiger partial charge in [0.2, 0.25) is 5.88 Å². The fourth-order valence-corrected chi connectivity index (χ4v) is 3.41. The molecule has 0 radical (unpaired) electrons. The highest BCUT2D eigenvalue weighted by atomic mass is 35.5. The second-order valence-corrected chi connectivity index (χ2v) is 9.30. The zero-order valence-electron chi connectivity index (χ0n) is 18.6. The van der Waals surface area contributed by atoms with Crippen molar-refractivity contribution in [2.75, 3.05) is 25.0 Å². The maximum Gasteiger partial charge on any atom is 0.414 e. The van der Waals surface area contributed by atoms with Crippen molar-refractivity contribution in [2.45, 2.75) is 45.6 Å². The SMILES string of the molecule is CC(C)CCN(C)c1ncc(OC(=O)NC[C@](C)(O)C2CC2)nc1-c1ccc(Cl)cc1. The van der Waals surface area contributed by atoms with Gasteiger partial charge in [0.25, 0.3) is 0 Å². The molecular formula is C23H31ClN4O3. The second-order valence-electron chi connectivity index (χ2n) is 8.87. The highest BCUT2D eigenvalue weighted by Crippen LogP contribution is 2.39. The molecule has 0 bridgehead atoms. The van der Waals surface area contributed by atoms with Gasteiger partial charge in [-0.25, -0.2) is 14.8 Å². The number of ether oxygens (including phenoxy) is 1. The molecule has 1 aromatic carbocycles. The van der Waals surface area contributed by atoms with E-state index in [1.165, 1.54) is 6.20 Å². The number of benzene rings is 1. The average molecular weight is 447 g/mol. The predicted molar refractivity (Wildman–Crippen MR) is 123 cm³/mol. The smallest absolute Gasteiger partial charge is 0.390 e. The molecule has 2 aromatic rings. The summed E-state index contributed by atoms with van der Waals surface area (Å²) in [6, 6.07) is 7.30. The first kappa shape index (κ1) is 23.3. The molecule has 0 aliphatic heterocycles. The van der Waals surface area contributed by atoms with Crippen LogP contribution in [0.15, 0.2) is 30.5 Å². The molecule has 31 heavy (non-hydrogen) atoms. The molecular weight excluding hydrogens is 416 g/mol. The summed E-state index contributed by atoms with van der Waals surface area (Å²) in [6.45, 7) is 7.03. The number of carbonyl (C=O) groups excluding carboxylic acids is 1. The first-order valence-corrected chi connectivity index (χ1v) is 11.1. The molecule has 3 rings (SSSR count). The van der Waals surface area contributed by atoms with Crippen LogP contribution < -0.4 is 15.0 Å². The van der Waals surface area contributed by atoms with Crippen molar-refractivity contribution in [2.24, 2.45) is 11.8 Å². The van der Waals surface area contributed by atoms with Gasteiger partial charge in [-0.2, -0.15) is 0 Å². The monoisotopic (exact) mass is 446 g/mol. The Hall–Kier alpha value is -2.38. The first-order valence-electron chi connectivity index (χ1n) is 10.7. The fraction of sp³-hybridized carbons (Fsp3) is 0.522. The van der Waals surface area contributed by atoms with Crippen LogP contribution in [0.3, 0.4) is 0 Å². The van der Waals surface area contributed by atoms with Gasteiger partial charge in [0.15, 0.2) is 5.82 Å². The summed E-state index contributed by atoms with van der Waals surface area (Å²) in [4.78, 5) is 23.4. The van der Waals surface area contributed by atoms with Crippen LogP contribution in [0.4, 0.5) is 10.6 Å². The maximum atomic E-state index is 12.3. The molecule has 168 valence electrons. The van der Waals surface area contributed by atoms with Gasteiger partial charge >= 0.3 is 6.09 Å². The molecule has 0 saturated heterocycles. The number of hydrogen-bond donors (Lipinski definition) is 2. The average Bonchev–Trinajstić information content (AvgIpc) is 3.57. The van der Waals surface area contributed by atoms with E-state index in [4.69, 9.17) is 16.3 Å². The minimum absolute atomic E-state index is 0.0922. The summed E-state index contributed by atoms with van der Waals surface area (Å²) < 4.78 is 5.35. The normalized spacial score (nSPS) is 15.5.